The molecule has 17 heavy (non-hydrogen) atoms. The molecule has 0 aliphatic rings. The lowest BCUT2D eigenvalue weighted by molar-refractivity contribution is 0.0240. The third kappa shape index (κ3) is 3.13. The van der Waals surface area contributed by atoms with Crippen LogP contribution in [0.15, 0.2) is 16.6 Å². The van der Waals surface area contributed by atoms with Gasteiger partial charge in [0.2, 0.25) is 0 Å². The molecule has 0 aromatic heterocycles. The van der Waals surface area contributed by atoms with Crippen molar-refractivity contribution in [3.05, 3.63) is 22.2 Å². The van der Waals surface area contributed by atoms with Gasteiger partial charge < -0.3 is 16.2 Å². The maximum atomic E-state index is 10.1. The zero-order chi connectivity index (χ0) is 13.4. The molecule has 0 fully saturated rings. The molecule has 0 atom stereocenters. The second-order valence-corrected chi connectivity index (χ2v) is 6.35. The maximum Gasteiger partial charge on any atom is 0.0814 e. The molecule has 3 nitrogen and oxygen atoms in total. The van der Waals surface area contributed by atoms with Crippen molar-refractivity contribution in [2.24, 2.45) is 0 Å². The van der Waals surface area contributed by atoms with Crippen LogP contribution in [0.1, 0.15) is 33.3 Å². The van der Waals surface area contributed by atoms with E-state index in [4.69, 9.17) is 5.73 Å². The van der Waals surface area contributed by atoms with E-state index in [0.717, 1.165) is 21.4 Å². The van der Waals surface area contributed by atoms with E-state index in [1.807, 2.05) is 32.9 Å². The molecule has 0 saturated carbocycles. The molecule has 1 aromatic rings. The van der Waals surface area contributed by atoms with E-state index in [2.05, 4.69) is 21.2 Å². The minimum Gasteiger partial charge on any atom is -0.398 e. The minimum atomic E-state index is -0.832. The van der Waals surface area contributed by atoms with Crippen LogP contribution < -0.4 is 11.1 Å². The van der Waals surface area contributed by atoms with Gasteiger partial charge in [-0.3, -0.25) is 0 Å². The second kappa shape index (κ2) is 4.50. The van der Waals surface area contributed by atoms with E-state index >= 15 is 0 Å². The summed E-state index contributed by atoms with van der Waals surface area (Å²) < 4.78 is 0.901. The molecular weight excluding hydrogens is 280 g/mol. The molecule has 0 amide bonds. The van der Waals surface area contributed by atoms with Crippen molar-refractivity contribution in [1.29, 1.82) is 0 Å². The van der Waals surface area contributed by atoms with E-state index in [0.29, 0.717) is 0 Å². The number of hydrogen-bond donors (Lipinski definition) is 3. The van der Waals surface area contributed by atoms with Crippen LogP contribution in [0, 0.1) is 6.92 Å². The monoisotopic (exact) mass is 300 g/mol. The molecule has 4 N–H and O–H groups in total. The molecule has 0 spiro atoms. The summed E-state index contributed by atoms with van der Waals surface area (Å²) in [6.45, 7) is 9.47. The zero-order valence-corrected chi connectivity index (χ0v) is 12.6. The summed E-state index contributed by atoms with van der Waals surface area (Å²) in [5, 5.41) is 13.5. The summed E-state index contributed by atoms with van der Waals surface area (Å²) >= 11 is 3.48. The molecule has 1 rings (SSSR count). The van der Waals surface area contributed by atoms with Gasteiger partial charge in [0.1, 0.15) is 0 Å². The Labute approximate surface area is 112 Å². The summed E-state index contributed by atoms with van der Waals surface area (Å²) in [7, 11) is 0. The fraction of sp³-hybridized carbons (Fsp3) is 0.538. The van der Waals surface area contributed by atoms with Gasteiger partial charge in [-0.1, -0.05) is 0 Å². The average Bonchev–Trinajstić information content (AvgIpc) is 2.12. The van der Waals surface area contributed by atoms with Crippen molar-refractivity contribution in [2.75, 3.05) is 11.1 Å². The van der Waals surface area contributed by atoms with Crippen molar-refractivity contribution in [3.63, 3.8) is 0 Å². The Hall–Kier alpha value is -0.740. The molecule has 0 saturated heterocycles. The summed E-state index contributed by atoms with van der Waals surface area (Å²) in [5.41, 5.74) is 7.26. The van der Waals surface area contributed by atoms with Crippen LogP contribution in [-0.2, 0) is 0 Å². The first kappa shape index (κ1) is 14.3. The van der Waals surface area contributed by atoms with Gasteiger partial charge in [-0.25, -0.2) is 0 Å². The van der Waals surface area contributed by atoms with E-state index in [9.17, 15) is 5.11 Å². The molecule has 1 aromatic carbocycles. The number of hydrogen-bond acceptors (Lipinski definition) is 3. The Kier molecular flexibility index (Phi) is 3.79. The normalized spacial score (nSPS) is 12.6. The van der Waals surface area contributed by atoms with E-state index < -0.39 is 11.1 Å². The average molecular weight is 301 g/mol. The highest BCUT2D eigenvalue weighted by molar-refractivity contribution is 9.10. The number of nitrogens with two attached hydrogens (primary N) is 1. The minimum absolute atomic E-state index is 0.446. The van der Waals surface area contributed by atoms with Gasteiger partial charge in [0.05, 0.1) is 11.1 Å². The quantitative estimate of drug-likeness (QED) is 0.751. The van der Waals surface area contributed by atoms with Crippen molar-refractivity contribution < 1.29 is 5.11 Å². The number of nitrogen functional groups attached to an aromatic ring is 1. The lowest BCUT2D eigenvalue weighted by Gasteiger charge is -2.39. The highest BCUT2D eigenvalue weighted by atomic mass is 79.9. The predicted molar refractivity (Wildman–Crippen MR) is 77.3 cm³/mol. The lowest BCUT2D eigenvalue weighted by Crippen LogP contribution is -2.51. The highest BCUT2D eigenvalue weighted by Gasteiger charge is 2.35. The third-order valence-electron chi connectivity index (χ3n) is 3.33. The van der Waals surface area contributed by atoms with Gasteiger partial charge in [-0.2, -0.15) is 0 Å². The maximum absolute atomic E-state index is 10.1. The van der Waals surface area contributed by atoms with Crippen LogP contribution in [-0.4, -0.2) is 16.2 Å². The molecule has 0 bridgehead atoms. The van der Waals surface area contributed by atoms with Crippen molar-refractivity contribution in [1.82, 2.24) is 0 Å². The number of benzene rings is 1. The van der Waals surface area contributed by atoms with Crippen molar-refractivity contribution in [2.45, 2.75) is 45.8 Å². The molecule has 4 heteroatoms. The Morgan fingerprint density at radius 1 is 1.24 bits per heavy atom. The first-order valence-corrected chi connectivity index (χ1v) is 6.40. The first-order chi connectivity index (χ1) is 7.54. The van der Waals surface area contributed by atoms with Crippen LogP contribution >= 0.6 is 15.9 Å². The van der Waals surface area contributed by atoms with Crippen LogP contribution in [0.25, 0.3) is 0 Å². The number of aryl methyl sites for hydroxylation is 1. The Morgan fingerprint density at radius 2 is 1.76 bits per heavy atom. The van der Waals surface area contributed by atoms with Gasteiger partial charge in [-0.15, -0.1) is 0 Å². The standard InChI is InChI=1S/C13H21BrN2O/c1-8-6-11(9(14)7-10(8)15)16-12(2,3)13(4,5)17/h6-7,16-17H,15H2,1-5H3. The van der Waals surface area contributed by atoms with Gasteiger partial charge in [-0.05, 0) is 68.2 Å². The van der Waals surface area contributed by atoms with Crippen molar-refractivity contribution in [3.8, 4) is 0 Å². The summed E-state index contributed by atoms with van der Waals surface area (Å²) in [6, 6.07) is 3.85. The van der Waals surface area contributed by atoms with Crippen LogP contribution in [0.4, 0.5) is 11.4 Å². The van der Waals surface area contributed by atoms with Crippen molar-refractivity contribution >= 4 is 27.3 Å². The van der Waals surface area contributed by atoms with Crippen LogP contribution in [0.2, 0.25) is 0 Å². The fourth-order valence-electron chi connectivity index (χ4n) is 1.28. The largest absolute Gasteiger partial charge is 0.398 e. The first-order valence-electron chi connectivity index (χ1n) is 5.61. The second-order valence-electron chi connectivity index (χ2n) is 5.50. The Morgan fingerprint density at radius 3 is 2.24 bits per heavy atom. The summed E-state index contributed by atoms with van der Waals surface area (Å²) in [5.74, 6) is 0. The van der Waals surface area contributed by atoms with E-state index in [1.54, 1.807) is 13.8 Å². The molecule has 0 aliphatic heterocycles. The number of nitrogens with one attached hydrogen (secondary N) is 1. The fourth-order valence-corrected chi connectivity index (χ4v) is 1.74. The molecule has 0 heterocycles. The number of anilines is 2. The Balaban J connectivity index is 3.08. The number of rotatable bonds is 3. The van der Waals surface area contributed by atoms with Gasteiger partial charge >= 0.3 is 0 Å². The van der Waals surface area contributed by atoms with Gasteiger partial charge in [0.15, 0.2) is 0 Å². The predicted octanol–water partition coefficient (Wildman–Crippen LogP) is 3.30. The van der Waals surface area contributed by atoms with Gasteiger partial charge in [0.25, 0.3) is 0 Å². The molecule has 0 aliphatic carbocycles. The molecular formula is C13H21BrN2O. The SMILES string of the molecule is Cc1cc(NC(C)(C)C(C)(C)O)c(Br)cc1N. The molecule has 0 unspecified atom stereocenters. The highest BCUT2D eigenvalue weighted by Crippen LogP contribution is 2.33. The van der Waals surface area contributed by atoms with Crippen LogP contribution in [0.3, 0.4) is 0 Å². The van der Waals surface area contributed by atoms with E-state index in [-0.39, 0.29) is 0 Å². The third-order valence-corrected chi connectivity index (χ3v) is 3.99. The molecule has 0 radical (unpaired) electrons. The lowest BCUT2D eigenvalue weighted by atomic mass is 9.85. The summed E-state index contributed by atoms with van der Waals surface area (Å²) in [4.78, 5) is 0. The summed E-state index contributed by atoms with van der Waals surface area (Å²) in [6.07, 6.45) is 0. The molecule has 96 valence electrons. The van der Waals surface area contributed by atoms with E-state index in [1.165, 1.54) is 0 Å². The van der Waals surface area contributed by atoms with Crippen LogP contribution in [0.5, 0.6) is 0 Å². The Bertz CT molecular complexity index is 422. The number of aliphatic hydroxyl groups is 1. The smallest absolute Gasteiger partial charge is 0.0814 e. The van der Waals surface area contributed by atoms with Gasteiger partial charge in [0, 0.05) is 15.8 Å². The zero-order valence-electron chi connectivity index (χ0n) is 11.1. The topological polar surface area (TPSA) is 58.3 Å². The number of halogens is 1.